The summed E-state index contributed by atoms with van der Waals surface area (Å²) >= 11 is 0. The van der Waals surface area contributed by atoms with Crippen LogP contribution in [-0.2, 0) is 9.09 Å². The van der Waals surface area contributed by atoms with Crippen molar-refractivity contribution in [2.75, 3.05) is 44.6 Å². The minimum Gasteiger partial charge on any atom is -0.378 e. The summed E-state index contributed by atoms with van der Waals surface area (Å²) in [5, 5.41) is 11.4. The summed E-state index contributed by atoms with van der Waals surface area (Å²) in [6, 6.07) is 14.7. The van der Waals surface area contributed by atoms with Gasteiger partial charge in [-0.15, -0.1) is 0 Å². The van der Waals surface area contributed by atoms with Crippen LogP contribution in [0, 0.1) is 0 Å². The van der Waals surface area contributed by atoms with Gasteiger partial charge in [-0.2, -0.15) is 0 Å². The Hall–Kier alpha value is -1.81. The normalized spacial score (nSPS) is 14.5. The van der Waals surface area contributed by atoms with E-state index in [9.17, 15) is 9.67 Å². The molecule has 2 aromatic carbocycles. The standard InChI is InChI=1S/C20H29N2O3P/c1-6-15-25-26(24,19-13-11-18(12-14-19)22(4)5)20(23)16-7-9-17(10-8-16)21(2)3/h7-14,20,23H,6,15H2,1-5H3/t20-,26-/m1/s1. The molecule has 0 saturated heterocycles. The first-order chi connectivity index (χ1) is 12.3. The molecule has 1 N–H and O–H groups in total. The summed E-state index contributed by atoms with van der Waals surface area (Å²) in [5.41, 5.74) is 2.60. The van der Waals surface area contributed by atoms with Crippen molar-refractivity contribution in [3.8, 4) is 0 Å². The van der Waals surface area contributed by atoms with Gasteiger partial charge in [-0.1, -0.05) is 19.1 Å². The fraction of sp³-hybridized carbons (Fsp3) is 0.400. The smallest absolute Gasteiger partial charge is 0.264 e. The van der Waals surface area contributed by atoms with Gasteiger partial charge in [0.15, 0.2) is 5.85 Å². The lowest BCUT2D eigenvalue weighted by molar-refractivity contribution is 0.214. The summed E-state index contributed by atoms with van der Waals surface area (Å²) in [5.74, 6) is -1.20. The van der Waals surface area contributed by atoms with Crippen LogP contribution in [0.4, 0.5) is 11.4 Å². The van der Waals surface area contributed by atoms with Crippen molar-refractivity contribution < 1.29 is 14.2 Å². The van der Waals surface area contributed by atoms with Crippen molar-refractivity contribution >= 4 is 24.0 Å². The molecule has 5 nitrogen and oxygen atoms in total. The zero-order valence-electron chi connectivity index (χ0n) is 16.2. The van der Waals surface area contributed by atoms with Crippen LogP contribution in [0.5, 0.6) is 0 Å². The number of benzene rings is 2. The predicted octanol–water partition coefficient (Wildman–Crippen LogP) is 3.84. The molecule has 0 aliphatic rings. The number of anilines is 2. The fourth-order valence-electron chi connectivity index (χ4n) is 2.61. The Balaban J connectivity index is 2.39. The molecule has 2 atom stereocenters. The molecule has 0 saturated carbocycles. The average Bonchev–Trinajstić information content (AvgIpc) is 2.65. The minimum atomic E-state index is -3.47. The van der Waals surface area contributed by atoms with E-state index in [0.717, 1.165) is 17.8 Å². The minimum absolute atomic E-state index is 0.333. The van der Waals surface area contributed by atoms with Gasteiger partial charge < -0.3 is 19.4 Å². The van der Waals surface area contributed by atoms with Gasteiger partial charge in [-0.25, -0.2) is 0 Å². The van der Waals surface area contributed by atoms with Crippen molar-refractivity contribution in [2.45, 2.75) is 19.2 Å². The van der Waals surface area contributed by atoms with Crippen LogP contribution >= 0.6 is 7.37 Å². The molecule has 142 valence electrons. The number of aliphatic hydroxyl groups is 1. The second kappa shape index (κ2) is 8.72. The zero-order valence-corrected chi connectivity index (χ0v) is 17.1. The molecule has 0 fully saturated rings. The first kappa shape index (κ1) is 20.5. The van der Waals surface area contributed by atoms with E-state index in [2.05, 4.69) is 0 Å². The maximum absolute atomic E-state index is 13.7. The molecule has 26 heavy (non-hydrogen) atoms. The Morgan fingerprint density at radius 2 is 1.38 bits per heavy atom. The van der Waals surface area contributed by atoms with Gasteiger partial charge in [0, 0.05) is 44.9 Å². The summed E-state index contributed by atoms with van der Waals surface area (Å²) < 4.78 is 19.4. The summed E-state index contributed by atoms with van der Waals surface area (Å²) in [4.78, 5) is 3.95. The average molecular weight is 376 g/mol. The predicted molar refractivity (Wildman–Crippen MR) is 110 cm³/mol. The molecular weight excluding hydrogens is 347 g/mol. The molecule has 0 aromatic heterocycles. The maximum atomic E-state index is 13.7. The van der Waals surface area contributed by atoms with Crippen LogP contribution in [0.15, 0.2) is 48.5 Å². The first-order valence-corrected chi connectivity index (χ1v) is 10.5. The highest BCUT2D eigenvalue weighted by Gasteiger charge is 2.36. The van der Waals surface area contributed by atoms with Crippen LogP contribution in [0.3, 0.4) is 0 Å². The third-order valence-corrected chi connectivity index (χ3v) is 6.77. The summed E-state index contributed by atoms with van der Waals surface area (Å²) in [6.07, 6.45) is 0.728. The van der Waals surface area contributed by atoms with Gasteiger partial charge in [0.25, 0.3) is 7.37 Å². The van der Waals surface area contributed by atoms with E-state index in [-0.39, 0.29) is 0 Å². The highest BCUT2D eigenvalue weighted by Crippen LogP contribution is 2.57. The number of hydrogen-bond donors (Lipinski definition) is 1. The molecule has 0 bridgehead atoms. The molecule has 0 spiro atoms. The quantitative estimate of drug-likeness (QED) is 0.710. The Labute approximate surface area is 156 Å². The van der Waals surface area contributed by atoms with Gasteiger partial charge in [-0.3, -0.25) is 4.57 Å². The number of hydrogen-bond acceptors (Lipinski definition) is 5. The third kappa shape index (κ3) is 4.47. The van der Waals surface area contributed by atoms with Crippen LogP contribution in [0.1, 0.15) is 24.8 Å². The molecule has 2 rings (SSSR count). The second-order valence-corrected chi connectivity index (χ2v) is 9.16. The lowest BCUT2D eigenvalue weighted by Gasteiger charge is -2.25. The lowest BCUT2D eigenvalue weighted by Crippen LogP contribution is -2.16. The molecule has 0 amide bonds. The molecule has 0 radical (unpaired) electrons. The van der Waals surface area contributed by atoms with E-state index >= 15 is 0 Å². The molecule has 6 heteroatoms. The van der Waals surface area contributed by atoms with E-state index in [4.69, 9.17) is 4.52 Å². The van der Waals surface area contributed by atoms with Crippen molar-refractivity contribution in [1.29, 1.82) is 0 Å². The zero-order chi connectivity index (χ0) is 19.3. The van der Waals surface area contributed by atoms with Gasteiger partial charge in [-0.05, 0) is 48.4 Å². The molecule has 0 aliphatic heterocycles. The highest BCUT2D eigenvalue weighted by molar-refractivity contribution is 7.67. The number of aliphatic hydroxyl groups excluding tert-OH is 1. The van der Waals surface area contributed by atoms with E-state index < -0.39 is 13.2 Å². The maximum Gasteiger partial charge on any atom is 0.264 e. The van der Waals surface area contributed by atoms with Crippen molar-refractivity contribution in [3.05, 3.63) is 54.1 Å². The fourth-order valence-corrected chi connectivity index (χ4v) is 4.77. The van der Waals surface area contributed by atoms with Crippen molar-refractivity contribution in [2.24, 2.45) is 0 Å². The highest BCUT2D eigenvalue weighted by atomic mass is 31.2. The molecular formula is C20H29N2O3P. The molecule has 0 heterocycles. The van der Waals surface area contributed by atoms with Crippen molar-refractivity contribution in [3.63, 3.8) is 0 Å². The monoisotopic (exact) mass is 376 g/mol. The van der Waals surface area contributed by atoms with Crippen LogP contribution in [0.25, 0.3) is 0 Å². The molecule has 0 aliphatic carbocycles. The van der Waals surface area contributed by atoms with E-state index in [1.54, 1.807) is 24.3 Å². The van der Waals surface area contributed by atoms with E-state index in [1.165, 1.54) is 0 Å². The second-order valence-electron chi connectivity index (χ2n) is 6.70. The third-order valence-electron chi connectivity index (χ3n) is 4.24. The number of rotatable bonds is 8. The largest absolute Gasteiger partial charge is 0.378 e. The van der Waals surface area contributed by atoms with Gasteiger partial charge in [0.05, 0.1) is 6.61 Å². The summed E-state index contributed by atoms with van der Waals surface area (Å²) in [7, 11) is 4.33. The SMILES string of the molecule is CCCO[P@](=O)(c1ccc(N(C)C)cc1)[C@@H](O)c1ccc(N(C)C)cc1. The summed E-state index contributed by atoms with van der Waals surface area (Å²) in [6.45, 7) is 2.29. The van der Waals surface area contributed by atoms with Crippen molar-refractivity contribution in [1.82, 2.24) is 0 Å². The van der Waals surface area contributed by atoms with Crippen LogP contribution < -0.4 is 15.1 Å². The number of nitrogens with zero attached hydrogens (tertiary/aromatic N) is 2. The Morgan fingerprint density at radius 1 is 0.923 bits per heavy atom. The van der Waals surface area contributed by atoms with E-state index in [1.807, 2.05) is 69.2 Å². The Morgan fingerprint density at radius 3 is 1.81 bits per heavy atom. The Bertz CT molecular complexity index is 743. The lowest BCUT2D eigenvalue weighted by atomic mass is 10.2. The van der Waals surface area contributed by atoms with Gasteiger partial charge >= 0.3 is 0 Å². The Kier molecular flexibility index (Phi) is 6.87. The van der Waals surface area contributed by atoms with Crippen LogP contribution in [0.2, 0.25) is 0 Å². The topological polar surface area (TPSA) is 53.0 Å². The molecule has 2 aromatic rings. The van der Waals surface area contributed by atoms with E-state index in [0.29, 0.717) is 17.5 Å². The van der Waals surface area contributed by atoms with Gasteiger partial charge in [0.1, 0.15) is 0 Å². The van der Waals surface area contributed by atoms with Crippen LogP contribution in [-0.4, -0.2) is 39.9 Å². The molecule has 0 unspecified atom stereocenters. The van der Waals surface area contributed by atoms with Gasteiger partial charge in [0.2, 0.25) is 0 Å². The first-order valence-electron chi connectivity index (χ1n) is 8.77.